The van der Waals surface area contributed by atoms with Crippen LogP contribution in [0, 0.1) is 5.92 Å². The summed E-state index contributed by atoms with van der Waals surface area (Å²) in [7, 11) is 0. The summed E-state index contributed by atoms with van der Waals surface area (Å²) in [5.41, 5.74) is 7.86. The molecular formula is C27H39N5O4. The van der Waals surface area contributed by atoms with Crippen LogP contribution in [0.4, 0.5) is 0 Å². The van der Waals surface area contributed by atoms with E-state index in [0.717, 1.165) is 42.6 Å². The second kappa shape index (κ2) is 12.4. The van der Waals surface area contributed by atoms with E-state index in [1.54, 1.807) is 6.20 Å². The summed E-state index contributed by atoms with van der Waals surface area (Å²) in [5, 5.41) is 14.7. The maximum absolute atomic E-state index is 13.4. The quantitative estimate of drug-likeness (QED) is 0.437. The van der Waals surface area contributed by atoms with Gasteiger partial charge in [0.05, 0.1) is 19.1 Å². The number of benzene rings is 1. The molecule has 2 aliphatic rings. The number of carboxylic acid groups (broad SMARTS) is 1. The van der Waals surface area contributed by atoms with Gasteiger partial charge in [-0.1, -0.05) is 25.5 Å². The highest BCUT2D eigenvalue weighted by Gasteiger charge is 2.47. The molecule has 0 bridgehead atoms. The van der Waals surface area contributed by atoms with Crippen molar-refractivity contribution in [3.05, 3.63) is 47.8 Å². The predicted octanol–water partition coefficient (Wildman–Crippen LogP) is 2.35. The van der Waals surface area contributed by atoms with Crippen LogP contribution < -0.4 is 10.5 Å². The molecule has 0 aliphatic carbocycles. The Bertz CT molecular complexity index is 1000. The maximum atomic E-state index is 13.4. The molecule has 2 aliphatic heterocycles. The van der Waals surface area contributed by atoms with Gasteiger partial charge in [0, 0.05) is 57.0 Å². The van der Waals surface area contributed by atoms with Crippen LogP contribution in [0.5, 0.6) is 5.75 Å². The van der Waals surface area contributed by atoms with Gasteiger partial charge in [-0.15, -0.1) is 0 Å². The average molecular weight is 498 g/mol. The van der Waals surface area contributed by atoms with E-state index >= 15 is 0 Å². The SMILES string of the molecule is CCCCN(CCCN)C(=O)CN1C[C@H](c2ccc3c(c2)CCO3)[C@@H](C(=O)O)[C@@H]1CCn1cccn1. The van der Waals surface area contributed by atoms with Crippen molar-refractivity contribution in [3.63, 3.8) is 0 Å². The van der Waals surface area contributed by atoms with E-state index in [1.165, 1.54) is 0 Å². The summed E-state index contributed by atoms with van der Waals surface area (Å²) in [4.78, 5) is 30.1. The number of carbonyl (C=O) groups is 2. The molecular weight excluding hydrogens is 458 g/mol. The summed E-state index contributed by atoms with van der Waals surface area (Å²) in [5.74, 6) is -0.688. The summed E-state index contributed by atoms with van der Waals surface area (Å²) >= 11 is 0. The standard InChI is InChI=1S/C27H39N5O4/c1-2-3-12-30(13-4-10-28)25(33)19-31-18-22(20-6-7-24-21(17-20)9-16-36-24)26(27(34)35)23(31)8-15-32-14-5-11-29-32/h5-7,11,14,17,22-23,26H,2-4,8-10,12-13,15-16,18-19,28H2,1H3,(H,34,35)/t22-,23+,26-/m1/s1. The van der Waals surface area contributed by atoms with Crippen molar-refractivity contribution in [1.29, 1.82) is 0 Å². The summed E-state index contributed by atoms with van der Waals surface area (Å²) < 4.78 is 7.49. The number of unbranched alkanes of at least 4 members (excludes halogenated alkanes) is 1. The molecule has 9 heteroatoms. The molecule has 0 unspecified atom stereocenters. The molecule has 1 amide bonds. The van der Waals surface area contributed by atoms with Gasteiger partial charge in [-0.25, -0.2) is 0 Å². The Kier molecular flexibility index (Phi) is 8.98. The zero-order chi connectivity index (χ0) is 25.5. The number of hydrogen-bond donors (Lipinski definition) is 2. The van der Waals surface area contributed by atoms with Gasteiger partial charge in [-0.3, -0.25) is 19.2 Å². The Hall–Kier alpha value is -2.91. The van der Waals surface area contributed by atoms with Gasteiger partial charge in [-0.2, -0.15) is 5.10 Å². The lowest BCUT2D eigenvalue weighted by molar-refractivity contribution is -0.144. The number of amides is 1. The third-order valence-electron chi connectivity index (χ3n) is 7.49. The number of carboxylic acids is 1. The second-order valence-corrected chi connectivity index (χ2v) is 9.87. The number of fused-ring (bicyclic) bond motifs is 1. The number of ether oxygens (including phenoxy) is 1. The van der Waals surface area contributed by atoms with Crippen LogP contribution in [0.2, 0.25) is 0 Å². The zero-order valence-corrected chi connectivity index (χ0v) is 21.2. The zero-order valence-electron chi connectivity index (χ0n) is 21.2. The van der Waals surface area contributed by atoms with Crippen molar-refractivity contribution in [1.82, 2.24) is 19.6 Å². The van der Waals surface area contributed by atoms with Crippen molar-refractivity contribution in [2.45, 2.75) is 57.5 Å². The van der Waals surface area contributed by atoms with E-state index in [4.69, 9.17) is 10.5 Å². The molecule has 1 saturated heterocycles. The summed E-state index contributed by atoms with van der Waals surface area (Å²) in [6, 6.07) is 7.65. The van der Waals surface area contributed by atoms with Gasteiger partial charge < -0.3 is 20.5 Å². The minimum absolute atomic E-state index is 0.0492. The Balaban J connectivity index is 1.58. The third kappa shape index (κ3) is 6.07. The first-order chi connectivity index (χ1) is 17.5. The number of aliphatic carboxylic acids is 1. The van der Waals surface area contributed by atoms with Crippen molar-refractivity contribution in [3.8, 4) is 5.75 Å². The number of rotatable bonds is 13. The number of likely N-dealkylation sites (tertiary alicyclic amines) is 1. The minimum Gasteiger partial charge on any atom is -0.493 e. The fourth-order valence-corrected chi connectivity index (χ4v) is 5.59. The number of aryl methyl sites for hydroxylation is 1. The lowest BCUT2D eigenvalue weighted by Crippen LogP contribution is -2.45. The normalized spacial score (nSPS) is 21.3. The van der Waals surface area contributed by atoms with Gasteiger partial charge in [0.1, 0.15) is 5.75 Å². The number of nitrogens with zero attached hydrogens (tertiary/aromatic N) is 4. The highest BCUT2D eigenvalue weighted by molar-refractivity contribution is 5.79. The van der Waals surface area contributed by atoms with Crippen LogP contribution in [0.25, 0.3) is 0 Å². The topological polar surface area (TPSA) is 114 Å². The second-order valence-electron chi connectivity index (χ2n) is 9.87. The van der Waals surface area contributed by atoms with E-state index in [0.29, 0.717) is 45.8 Å². The molecule has 2 aromatic rings. The molecule has 1 aromatic heterocycles. The van der Waals surface area contributed by atoms with Gasteiger partial charge in [0.25, 0.3) is 0 Å². The van der Waals surface area contributed by atoms with Crippen LogP contribution in [-0.2, 0) is 22.6 Å². The van der Waals surface area contributed by atoms with Crippen molar-refractivity contribution >= 4 is 11.9 Å². The third-order valence-corrected chi connectivity index (χ3v) is 7.49. The van der Waals surface area contributed by atoms with Crippen LogP contribution in [-0.4, -0.2) is 81.9 Å². The van der Waals surface area contributed by atoms with E-state index in [1.807, 2.05) is 34.0 Å². The highest BCUT2D eigenvalue weighted by Crippen LogP contribution is 2.41. The molecule has 36 heavy (non-hydrogen) atoms. The van der Waals surface area contributed by atoms with Gasteiger partial charge in [0.2, 0.25) is 5.91 Å². The van der Waals surface area contributed by atoms with E-state index in [-0.39, 0.29) is 24.4 Å². The molecule has 9 nitrogen and oxygen atoms in total. The van der Waals surface area contributed by atoms with Crippen LogP contribution >= 0.6 is 0 Å². The van der Waals surface area contributed by atoms with E-state index in [9.17, 15) is 14.7 Å². The Morgan fingerprint density at radius 2 is 2.11 bits per heavy atom. The van der Waals surface area contributed by atoms with Crippen LogP contribution in [0.3, 0.4) is 0 Å². The number of hydrogen-bond acceptors (Lipinski definition) is 6. The Morgan fingerprint density at radius 3 is 2.83 bits per heavy atom. The monoisotopic (exact) mass is 497 g/mol. The highest BCUT2D eigenvalue weighted by atomic mass is 16.5. The first-order valence-electron chi connectivity index (χ1n) is 13.2. The maximum Gasteiger partial charge on any atom is 0.308 e. The largest absolute Gasteiger partial charge is 0.493 e. The lowest BCUT2D eigenvalue weighted by Gasteiger charge is -2.29. The molecule has 0 radical (unpaired) electrons. The van der Waals surface area contributed by atoms with Crippen molar-refractivity contribution < 1.29 is 19.4 Å². The molecule has 3 heterocycles. The molecule has 4 rings (SSSR count). The molecule has 0 spiro atoms. The number of carbonyl (C=O) groups excluding carboxylic acids is 1. The Labute approximate surface area is 213 Å². The predicted molar refractivity (Wildman–Crippen MR) is 137 cm³/mol. The van der Waals surface area contributed by atoms with Crippen molar-refractivity contribution in [2.24, 2.45) is 11.7 Å². The van der Waals surface area contributed by atoms with E-state index < -0.39 is 11.9 Å². The summed E-state index contributed by atoms with van der Waals surface area (Å²) in [6.45, 7) is 6.00. The van der Waals surface area contributed by atoms with Gasteiger partial charge in [-0.05, 0) is 49.1 Å². The first-order valence-corrected chi connectivity index (χ1v) is 13.2. The number of nitrogens with two attached hydrogens (primary N) is 1. The van der Waals surface area contributed by atoms with Crippen LogP contribution in [0.15, 0.2) is 36.7 Å². The van der Waals surface area contributed by atoms with Crippen molar-refractivity contribution in [2.75, 3.05) is 39.3 Å². The molecule has 3 atom stereocenters. The number of aromatic nitrogens is 2. The fourth-order valence-electron chi connectivity index (χ4n) is 5.59. The minimum atomic E-state index is -0.817. The molecule has 1 aromatic carbocycles. The Morgan fingerprint density at radius 1 is 1.28 bits per heavy atom. The summed E-state index contributed by atoms with van der Waals surface area (Å²) in [6.07, 6.45) is 7.76. The average Bonchev–Trinajstić information content (AvgIpc) is 3.62. The van der Waals surface area contributed by atoms with Gasteiger partial charge >= 0.3 is 5.97 Å². The molecule has 0 saturated carbocycles. The first kappa shape index (κ1) is 26.2. The lowest BCUT2D eigenvalue weighted by atomic mass is 9.83. The fraction of sp³-hybridized carbons (Fsp3) is 0.593. The molecule has 196 valence electrons. The molecule has 1 fully saturated rings. The van der Waals surface area contributed by atoms with Crippen LogP contribution in [0.1, 0.15) is 49.7 Å². The van der Waals surface area contributed by atoms with Gasteiger partial charge in [0.15, 0.2) is 0 Å². The molecule has 3 N–H and O–H groups in total. The smallest absolute Gasteiger partial charge is 0.308 e. The van der Waals surface area contributed by atoms with E-state index in [2.05, 4.69) is 23.0 Å².